The Kier molecular flexibility index (Phi) is 9.53. The number of sulfone groups is 1. The monoisotopic (exact) mass is 721 g/mol. The normalized spacial score (nSPS) is 18.3. The van der Waals surface area contributed by atoms with Gasteiger partial charge in [-0.25, -0.2) is 26.0 Å². The molecular weight excluding hydrogens is 684 g/mol. The number of aromatic nitrogens is 3. The molecule has 1 saturated carbocycles. The largest absolute Gasteiger partial charge is 0.299 e. The lowest BCUT2D eigenvalue weighted by Crippen LogP contribution is -2.24. The molecule has 0 aliphatic heterocycles. The molecule has 0 N–H and O–H groups in total. The molecule has 50 heavy (non-hydrogen) atoms. The quantitative estimate of drug-likeness (QED) is 0.122. The number of Topliss-reactive ketones (excluding diaryl/α,β-unsaturated/α-hetero) is 2. The van der Waals surface area contributed by atoms with Crippen LogP contribution in [0.15, 0.2) is 65.7 Å². The molecule has 7 nitrogen and oxygen atoms in total. The first-order valence-corrected chi connectivity index (χ1v) is 17.7. The summed E-state index contributed by atoms with van der Waals surface area (Å²) in [5, 5.41) is 3.74. The molecular formula is C36H37F6N3O4S. The van der Waals surface area contributed by atoms with Crippen LogP contribution in [-0.4, -0.2) is 40.5 Å². The summed E-state index contributed by atoms with van der Waals surface area (Å²) < 4.78 is 113. The van der Waals surface area contributed by atoms with Crippen LogP contribution in [0.5, 0.6) is 0 Å². The number of ketones is 2. The Morgan fingerprint density at radius 1 is 0.980 bits per heavy atom. The van der Waals surface area contributed by atoms with Gasteiger partial charge < -0.3 is 0 Å². The molecule has 2 aromatic carbocycles. The highest BCUT2D eigenvalue weighted by molar-refractivity contribution is 7.92. The minimum Gasteiger partial charge on any atom is -0.299 e. The van der Waals surface area contributed by atoms with Crippen molar-refractivity contribution in [2.75, 3.05) is 5.75 Å². The summed E-state index contributed by atoms with van der Waals surface area (Å²) in [4.78, 5) is 30.2. The molecule has 1 fully saturated rings. The summed E-state index contributed by atoms with van der Waals surface area (Å²) in [6, 6.07) is 11.8. The van der Waals surface area contributed by atoms with Crippen LogP contribution >= 0.6 is 0 Å². The Labute approximate surface area is 287 Å². The van der Waals surface area contributed by atoms with Crippen LogP contribution in [-0.2, 0) is 38.3 Å². The van der Waals surface area contributed by atoms with Gasteiger partial charge in [-0.3, -0.25) is 19.3 Å². The standard InChI is InChI=1S/C36H33F6N3O4S.2H2/c1-19(2)10-26(47)18-50(48,49)27-7-5-21(6-8-27)28-4-3-9-43-32(28)22(11-20-12-23(37)15-24(38)13-20)14-25(46)17-45-34-31(33(44-45)35(39)40)29-16-30(29)36(34,41)42;;/h3-9,12-13,15,19,22,29-30,35H,10-11,14,16-18H2,1-2H3;2*1H/t22-,29?,30?;;/m1../s1. The van der Waals surface area contributed by atoms with E-state index in [9.17, 15) is 35.6 Å². The van der Waals surface area contributed by atoms with Gasteiger partial charge in [0, 0.05) is 50.9 Å². The van der Waals surface area contributed by atoms with Crippen LogP contribution in [0.1, 0.15) is 82.4 Å². The minimum absolute atomic E-state index is 0. The number of benzene rings is 2. The van der Waals surface area contributed by atoms with Crippen molar-refractivity contribution in [1.82, 2.24) is 14.8 Å². The Hall–Kier alpha value is -4.33. The van der Waals surface area contributed by atoms with Crippen molar-refractivity contribution in [3.63, 3.8) is 0 Å². The maximum absolute atomic E-state index is 15.2. The van der Waals surface area contributed by atoms with Gasteiger partial charge in [0.25, 0.3) is 12.3 Å². The van der Waals surface area contributed by atoms with Crippen LogP contribution in [0.3, 0.4) is 0 Å². The fourth-order valence-electron chi connectivity index (χ4n) is 7.00. The second-order valence-corrected chi connectivity index (χ2v) is 15.4. The minimum atomic E-state index is -3.93. The number of nitrogens with zero attached hydrogens (tertiary/aromatic N) is 3. The molecule has 0 radical (unpaired) electrons. The van der Waals surface area contributed by atoms with Crippen LogP contribution in [0.25, 0.3) is 11.1 Å². The number of hydrogen-bond acceptors (Lipinski definition) is 6. The lowest BCUT2D eigenvalue weighted by atomic mass is 9.87. The summed E-state index contributed by atoms with van der Waals surface area (Å²) in [6.45, 7) is 2.88. The maximum Gasteiger partial charge on any atom is 0.293 e. The van der Waals surface area contributed by atoms with E-state index in [1.54, 1.807) is 12.1 Å². The highest BCUT2D eigenvalue weighted by Gasteiger charge is 2.67. The molecule has 2 unspecified atom stereocenters. The Balaban J connectivity index is 0.00000302. The van der Waals surface area contributed by atoms with Gasteiger partial charge in [-0.15, -0.1) is 0 Å². The number of fused-ring (bicyclic) bond motifs is 3. The number of rotatable bonds is 14. The number of alkyl halides is 4. The van der Waals surface area contributed by atoms with Gasteiger partial charge in [0.05, 0.1) is 10.6 Å². The van der Waals surface area contributed by atoms with Crippen molar-refractivity contribution in [1.29, 1.82) is 0 Å². The lowest BCUT2D eigenvalue weighted by Gasteiger charge is -2.21. The van der Waals surface area contributed by atoms with Crippen molar-refractivity contribution < 1.29 is 47.2 Å². The molecule has 2 aliphatic carbocycles. The predicted octanol–water partition coefficient (Wildman–Crippen LogP) is 8.24. The van der Waals surface area contributed by atoms with E-state index in [-0.39, 0.29) is 50.5 Å². The van der Waals surface area contributed by atoms with Crippen LogP contribution in [0.4, 0.5) is 26.3 Å². The summed E-state index contributed by atoms with van der Waals surface area (Å²) >= 11 is 0. The van der Waals surface area contributed by atoms with E-state index in [2.05, 4.69) is 10.1 Å². The van der Waals surface area contributed by atoms with Crippen molar-refractivity contribution in [2.24, 2.45) is 11.8 Å². The van der Waals surface area contributed by atoms with Gasteiger partial charge >= 0.3 is 0 Å². The van der Waals surface area contributed by atoms with E-state index in [1.807, 2.05) is 13.8 Å². The number of pyridine rings is 1. The second-order valence-electron chi connectivity index (χ2n) is 13.5. The summed E-state index contributed by atoms with van der Waals surface area (Å²) in [6.07, 6.45) is -1.99. The first-order valence-electron chi connectivity index (χ1n) is 16.1. The fraction of sp³-hybridized carbons (Fsp3) is 0.389. The Bertz CT molecular complexity index is 2060. The van der Waals surface area contributed by atoms with E-state index < -0.39 is 86.8 Å². The van der Waals surface area contributed by atoms with E-state index in [0.717, 1.165) is 12.1 Å². The van der Waals surface area contributed by atoms with Gasteiger partial charge in [0.2, 0.25) is 0 Å². The molecule has 0 bridgehead atoms. The van der Waals surface area contributed by atoms with E-state index in [0.29, 0.717) is 27.6 Å². The zero-order valence-corrected chi connectivity index (χ0v) is 27.9. The summed E-state index contributed by atoms with van der Waals surface area (Å²) in [7, 11) is -3.93. The van der Waals surface area contributed by atoms with Crippen molar-refractivity contribution in [3.05, 3.63) is 101 Å². The third-order valence-corrected chi connectivity index (χ3v) is 10.8. The molecule has 14 heteroatoms. The maximum atomic E-state index is 15.2. The summed E-state index contributed by atoms with van der Waals surface area (Å²) in [5.41, 5.74) is -0.231. The average Bonchev–Trinajstić information content (AvgIpc) is 3.68. The topological polar surface area (TPSA) is 99.0 Å². The third kappa shape index (κ3) is 7.12. The van der Waals surface area contributed by atoms with Gasteiger partial charge in [0.15, 0.2) is 15.6 Å². The molecule has 4 aromatic rings. The molecule has 268 valence electrons. The van der Waals surface area contributed by atoms with E-state index in [4.69, 9.17) is 0 Å². The van der Waals surface area contributed by atoms with Crippen LogP contribution in [0.2, 0.25) is 0 Å². The van der Waals surface area contributed by atoms with E-state index in [1.165, 1.54) is 30.5 Å². The lowest BCUT2D eigenvalue weighted by molar-refractivity contribution is -0.120. The van der Waals surface area contributed by atoms with Crippen molar-refractivity contribution in [2.45, 2.75) is 75.2 Å². The number of carbonyl (C=O) groups is 2. The molecule has 0 saturated heterocycles. The zero-order valence-electron chi connectivity index (χ0n) is 27.1. The molecule has 2 heterocycles. The van der Waals surface area contributed by atoms with Gasteiger partial charge in [-0.05, 0) is 66.1 Å². The van der Waals surface area contributed by atoms with Crippen molar-refractivity contribution in [3.8, 4) is 11.1 Å². The number of carbonyl (C=O) groups excluding carboxylic acids is 2. The second kappa shape index (κ2) is 13.4. The fourth-order valence-corrected chi connectivity index (χ4v) is 8.26. The van der Waals surface area contributed by atoms with Gasteiger partial charge in [0.1, 0.15) is 41.1 Å². The average molecular weight is 722 g/mol. The van der Waals surface area contributed by atoms with Gasteiger partial charge in [-0.1, -0.05) is 32.0 Å². The Morgan fingerprint density at radius 3 is 2.30 bits per heavy atom. The number of halogens is 6. The smallest absolute Gasteiger partial charge is 0.293 e. The highest BCUT2D eigenvalue weighted by atomic mass is 32.2. The van der Waals surface area contributed by atoms with E-state index >= 15 is 8.78 Å². The molecule has 3 atom stereocenters. The first-order chi connectivity index (χ1) is 23.5. The van der Waals surface area contributed by atoms with Crippen LogP contribution < -0.4 is 0 Å². The Morgan fingerprint density at radius 2 is 1.66 bits per heavy atom. The van der Waals surface area contributed by atoms with Crippen LogP contribution in [0, 0.1) is 23.5 Å². The molecule has 6 rings (SSSR count). The molecule has 0 spiro atoms. The third-order valence-electron chi connectivity index (χ3n) is 9.11. The predicted molar refractivity (Wildman–Crippen MR) is 175 cm³/mol. The number of hydrogen-bond donors (Lipinski definition) is 0. The first kappa shape index (κ1) is 35.5. The molecule has 0 amide bonds. The molecule has 2 aromatic heterocycles. The van der Waals surface area contributed by atoms with Crippen molar-refractivity contribution >= 4 is 21.4 Å². The zero-order chi connectivity index (χ0) is 36.1. The molecule has 2 aliphatic rings. The SMILES string of the molecule is CC(C)CC(=O)CS(=O)(=O)c1ccc(-c2cccnc2[C@@H](CC(=O)Cn2nc(C(F)F)c3c2C(F)(F)C2CC32)Cc2cc(F)cc(F)c2)cc1.[HH].[HH]. The highest BCUT2D eigenvalue weighted by Crippen LogP contribution is 2.68. The van der Waals surface area contributed by atoms with Gasteiger partial charge in [-0.2, -0.15) is 13.9 Å². The summed E-state index contributed by atoms with van der Waals surface area (Å²) in [5.74, 6) is -9.59.